The van der Waals surface area contributed by atoms with Crippen LogP contribution in [0.1, 0.15) is 12.5 Å². The van der Waals surface area contributed by atoms with Crippen molar-refractivity contribution in [1.29, 1.82) is 0 Å². The molecule has 0 spiro atoms. The van der Waals surface area contributed by atoms with Crippen molar-refractivity contribution in [2.75, 3.05) is 31.1 Å². The summed E-state index contributed by atoms with van der Waals surface area (Å²) in [5.74, 6) is 2.74. The Labute approximate surface area is 182 Å². The van der Waals surface area contributed by atoms with Crippen LogP contribution < -0.4 is 4.90 Å². The predicted molar refractivity (Wildman–Crippen MR) is 123 cm³/mol. The average Bonchev–Trinajstić information content (AvgIpc) is 2.83. The van der Waals surface area contributed by atoms with Crippen molar-refractivity contribution >= 4 is 23.5 Å². The van der Waals surface area contributed by atoms with E-state index in [1.807, 2.05) is 72.6 Å². The molecule has 1 fully saturated rings. The third kappa shape index (κ3) is 5.00. The topological polar surface area (TPSA) is 49.3 Å². The molecule has 0 saturated carbocycles. The van der Waals surface area contributed by atoms with Crippen molar-refractivity contribution in [3.05, 3.63) is 78.5 Å². The standard InChI is InChI=1S/C24H26N4OS/c1-19(30-18-20-8-4-2-5-9-20)24(29)28-16-14-27(15-17-28)22-12-13-25-23(26-22)21-10-6-3-7-11-21/h2-13,19H,14-18H2,1H3. The fourth-order valence-electron chi connectivity index (χ4n) is 3.53. The third-order valence-electron chi connectivity index (χ3n) is 5.28. The van der Waals surface area contributed by atoms with Gasteiger partial charge in [0, 0.05) is 43.7 Å². The molecule has 1 amide bonds. The highest BCUT2D eigenvalue weighted by molar-refractivity contribution is 7.99. The highest BCUT2D eigenvalue weighted by Crippen LogP contribution is 2.22. The van der Waals surface area contributed by atoms with Gasteiger partial charge in [0.1, 0.15) is 5.82 Å². The maximum Gasteiger partial charge on any atom is 0.235 e. The fraction of sp³-hybridized carbons (Fsp3) is 0.292. The Morgan fingerprint density at radius 2 is 1.63 bits per heavy atom. The van der Waals surface area contributed by atoms with E-state index in [1.54, 1.807) is 11.8 Å². The zero-order valence-electron chi connectivity index (χ0n) is 17.1. The molecule has 0 radical (unpaired) electrons. The lowest BCUT2D eigenvalue weighted by atomic mass is 10.2. The van der Waals surface area contributed by atoms with E-state index in [2.05, 4.69) is 22.0 Å². The lowest BCUT2D eigenvalue weighted by molar-refractivity contribution is -0.130. The number of thioether (sulfide) groups is 1. The quantitative estimate of drug-likeness (QED) is 0.603. The molecule has 6 heteroatoms. The van der Waals surface area contributed by atoms with Crippen LogP contribution in [0.2, 0.25) is 0 Å². The van der Waals surface area contributed by atoms with Crippen LogP contribution in [0.5, 0.6) is 0 Å². The van der Waals surface area contributed by atoms with Gasteiger partial charge in [0.05, 0.1) is 5.25 Å². The van der Waals surface area contributed by atoms with Gasteiger partial charge in [0.2, 0.25) is 5.91 Å². The maximum absolute atomic E-state index is 12.9. The molecule has 2 heterocycles. The van der Waals surface area contributed by atoms with Crippen molar-refractivity contribution in [3.63, 3.8) is 0 Å². The monoisotopic (exact) mass is 418 g/mol. The summed E-state index contributed by atoms with van der Waals surface area (Å²) in [5.41, 5.74) is 2.27. The van der Waals surface area contributed by atoms with Gasteiger partial charge in [-0.3, -0.25) is 4.79 Å². The minimum atomic E-state index is -0.0412. The average molecular weight is 419 g/mol. The van der Waals surface area contributed by atoms with Crippen LogP contribution in [-0.2, 0) is 10.5 Å². The molecule has 4 rings (SSSR count). The van der Waals surface area contributed by atoms with Gasteiger partial charge in [0.15, 0.2) is 5.82 Å². The molecular weight excluding hydrogens is 392 g/mol. The summed E-state index contributed by atoms with van der Waals surface area (Å²) >= 11 is 1.70. The van der Waals surface area contributed by atoms with Crippen molar-refractivity contribution in [2.24, 2.45) is 0 Å². The normalized spacial score (nSPS) is 15.1. The Bertz CT molecular complexity index is 959. The zero-order chi connectivity index (χ0) is 20.8. The first-order valence-electron chi connectivity index (χ1n) is 10.3. The van der Waals surface area contributed by atoms with Crippen LogP contribution >= 0.6 is 11.8 Å². The second kappa shape index (κ2) is 9.76. The van der Waals surface area contributed by atoms with Crippen LogP contribution in [0.25, 0.3) is 11.4 Å². The minimum Gasteiger partial charge on any atom is -0.353 e. The number of benzene rings is 2. The molecule has 0 N–H and O–H groups in total. The summed E-state index contributed by atoms with van der Waals surface area (Å²) in [7, 11) is 0. The van der Waals surface area contributed by atoms with E-state index < -0.39 is 0 Å². The maximum atomic E-state index is 12.9. The number of amides is 1. The summed E-state index contributed by atoms with van der Waals surface area (Å²) in [5, 5.41) is -0.0412. The van der Waals surface area contributed by atoms with Gasteiger partial charge < -0.3 is 9.80 Å². The van der Waals surface area contributed by atoms with E-state index in [-0.39, 0.29) is 11.2 Å². The summed E-state index contributed by atoms with van der Waals surface area (Å²) in [6, 6.07) is 22.3. The number of carbonyl (C=O) groups excluding carboxylic acids is 1. The first-order chi connectivity index (χ1) is 14.7. The molecule has 3 aromatic rings. The Balaban J connectivity index is 1.32. The van der Waals surface area contributed by atoms with E-state index >= 15 is 0 Å². The molecule has 1 atom stereocenters. The Morgan fingerprint density at radius 1 is 0.967 bits per heavy atom. The predicted octanol–water partition coefficient (Wildman–Crippen LogP) is 4.11. The number of hydrogen-bond donors (Lipinski definition) is 0. The lowest BCUT2D eigenvalue weighted by Gasteiger charge is -2.36. The van der Waals surface area contributed by atoms with Crippen molar-refractivity contribution in [3.8, 4) is 11.4 Å². The van der Waals surface area contributed by atoms with Gasteiger partial charge in [0.25, 0.3) is 0 Å². The highest BCUT2D eigenvalue weighted by Gasteiger charge is 2.25. The smallest absolute Gasteiger partial charge is 0.235 e. The highest BCUT2D eigenvalue weighted by atomic mass is 32.2. The number of anilines is 1. The molecule has 0 aliphatic carbocycles. The molecule has 154 valence electrons. The van der Waals surface area contributed by atoms with Crippen LogP contribution in [0, 0.1) is 0 Å². The Kier molecular flexibility index (Phi) is 6.64. The lowest BCUT2D eigenvalue weighted by Crippen LogP contribution is -2.51. The second-order valence-corrected chi connectivity index (χ2v) is 8.68. The molecule has 1 aliphatic heterocycles. The van der Waals surface area contributed by atoms with E-state index in [4.69, 9.17) is 4.98 Å². The molecule has 0 bridgehead atoms. The van der Waals surface area contributed by atoms with E-state index in [9.17, 15) is 4.79 Å². The van der Waals surface area contributed by atoms with Crippen molar-refractivity contribution in [2.45, 2.75) is 17.9 Å². The fourth-order valence-corrected chi connectivity index (χ4v) is 4.46. The summed E-state index contributed by atoms with van der Waals surface area (Å²) in [4.78, 5) is 26.2. The molecule has 1 aromatic heterocycles. The summed E-state index contributed by atoms with van der Waals surface area (Å²) < 4.78 is 0. The van der Waals surface area contributed by atoms with Gasteiger partial charge in [-0.15, -0.1) is 11.8 Å². The number of hydrogen-bond acceptors (Lipinski definition) is 5. The molecule has 1 unspecified atom stereocenters. The molecule has 1 aliphatic rings. The Morgan fingerprint density at radius 3 is 2.33 bits per heavy atom. The van der Waals surface area contributed by atoms with Gasteiger partial charge in [-0.1, -0.05) is 60.7 Å². The van der Waals surface area contributed by atoms with Crippen molar-refractivity contribution < 1.29 is 4.79 Å². The molecule has 2 aromatic carbocycles. The van der Waals surface area contributed by atoms with E-state index in [1.165, 1.54) is 5.56 Å². The molecule has 1 saturated heterocycles. The third-order valence-corrected chi connectivity index (χ3v) is 6.48. The van der Waals surface area contributed by atoms with Crippen LogP contribution in [-0.4, -0.2) is 52.2 Å². The molecule has 30 heavy (non-hydrogen) atoms. The first-order valence-corrected chi connectivity index (χ1v) is 11.3. The summed E-state index contributed by atoms with van der Waals surface area (Å²) in [6.07, 6.45) is 1.81. The summed E-state index contributed by atoms with van der Waals surface area (Å²) in [6.45, 7) is 5.03. The SMILES string of the molecule is CC(SCc1ccccc1)C(=O)N1CCN(c2ccnc(-c3ccccc3)n2)CC1. The largest absolute Gasteiger partial charge is 0.353 e. The van der Waals surface area contributed by atoms with Crippen LogP contribution in [0.15, 0.2) is 72.9 Å². The molecule has 5 nitrogen and oxygen atoms in total. The number of carbonyl (C=O) groups is 1. The number of aromatic nitrogens is 2. The van der Waals surface area contributed by atoms with E-state index in [0.29, 0.717) is 0 Å². The van der Waals surface area contributed by atoms with Gasteiger partial charge >= 0.3 is 0 Å². The number of nitrogens with zero attached hydrogens (tertiary/aromatic N) is 4. The zero-order valence-corrected chi connectivity index (χ0v) is 18.0. The number of piperazine rings is 1. The first kappa shape index (κ1) is 20.4. The van der Waals surface area contributed by atoms with Crippen LogP contribution in [0.3, 0.4) is 0 Å². The molecular formula is C24H26N4OS. The number of rotatable bonds is 6. The van der Waals surface area contributed by atoms with Crippen LogP contribution in [0.4, 0.5) is 5.82 Å². The van der Waals surface area contributed by atoms with Gasteiger partial charge in [-0.05, 0) is 18.6 Å². The van der Waals surface area contributed by atoms with E-state index in [0.717, 1.165) is 49.1 Å². The second-order valence-electron chi connectivity index (χ2n) is 7.36. The van der Waals surface area contributed by atoms with Gasteiger partial charge in [-0.25, -0.2) is 9.97 Å². The van der Waals surface area contributed by atoms with Gasteiger partial charge in [-0.2, -0.15) is 0 Å². The van der Waals surface area contributed by atoms with Crippen molar-refractivity contribution in [1.82, 2.24) is 14.9 Å². The minimum absolute atomic E-state index is 0.0412. The Hall–Kier alpha value is -2.86.